The van der Waals surface area contributed by atoms with Gasteiger partial charge in [-0.05, 0) is 12.1 Å². The molecule has 0 aliphatic rings. The van der Waals surface area contributed by atoms with Crippen LogP contribution in [0.3, 0.4) is 0 Å². The molecule has 0 aliphatic heterocycles. The van der Waals surface area contributed by atoms with Crippen molar-refractivity contribution in [3.63, 3.8) is 0 Å². The summed E-state index contributed by atoms with van der Waals surface area (Å²) >= 11 is 0. The molecule has 1 aromatic carbocycles. The number of Topliss-reactive ketones (excluding diaryl/α,β-unsaturated/α-hetero) is 1. The Balaban J connectivity index is 2.08. The van der Waals surface area contributed by atoms with Crippen molar-refractivity contribution in [1.82, 2.24) is 9.88 Å². The van der Waals surface area contributed by atoms with E-state index in [9.17, 15) is 19.2 Å². The van der Waals surface area contributed by atoms with Gasteiger partial charge in [0.25, 0.3) is 0 Å². The molecular formula is C17H19N3O5. The number of benzene rings is 1. The van der Waals surface area contributed by atoms with Gasteiger partial charge in [0, 0.05) is 30.8 Å². The second kappa shape index (κ2) is 7.71. The number of aldehydes is 1. The minimum absolute atomic E-state index is 0.274. The van der Waals surface area contributed by atoms with E-state index < -0.39 is 24.0 Å². The summed E-state index contributed by atoms with van der Waals surface area (Å²) in [5, 5.41) is 12.0. The van der Waals surface area contributed by atoms with E-state index >= 15 is 0 Å². The molecule has 8 nitrogen and oxygen atoms in total. The fraction of sp³-hybridized carbons (Fsp3) is 0.294. The number of aryl methyl sites for hydroxylation is 1. The lowest BCUT2D eigenvalue weighted by Crippen LogP contribution is -2.49. The normalized spacial score (nSPS) is 13.2. The van der Waals surface area contributed by atoms with Crippen LogP contribution in [0.4, 0.5) is 0 Å². The average Bonchev–Trinajstić information content (AvgIpc) is 2.91. The van der Waals surface area contributed by atoms with E-state index in [0.29, 0.717) is 12.0 Å². The zero-order valence-corrected chi connectivity index (χ0v) is 13.6. The van der Waals surface area contributed by atoms with E-state index in [-0.39, 0.29) is 18.6 Å². The van der Waals surface area contributed by atoms with Crippen LogP contribution in [-0.2, 0) is 21.4 Å². The summed E-state index contributed by atoms with van der Waals surface area (Å²) in [5.74, 6) is -2.46. The number of nitrogens with zero attached hydrogens (tertiary/aromatic N) is 1. The first kappa shape index (κ1) is 18.3. The Morgan fingerprint density at radius 3 is 2.60 bits per heavy atom. The van der Waals surface area contributed by atoms with E-state index in [4.69, 9.17) is 10.8 Å². The number of hydrogen-bond acceptors (Lipinski definition) is 5. The van der Waals surface area contributed by atoms with Crippen molar-refractivity contribution in [3.8, 4) is 0 Å². The number of rotatable bonds is 8. The number of amides is 1. The molecule has 8 heteroatoms. The Hall–Kier alpha value is -3.00. The lowest BCUT2D eigenvalue weighted by atomic mass is 10.1. The summed E-state index contributed by atoms with van der Waals surface area (Å²) in [6.45, 7) is 0. The molecule has 132 valence electrons. The topological polar surface area (TPSA) is 131 Å². The molecule has 2 aromatic rings. The molecule has 1 aromatic heterocycles. The molecule has 0 aliphatic carbocycles. The van der Waals surface area contributed by atoms with Crippen LogP contribution in [0.2, 0.25) is 0 Å². The molecule has 1 amide bonds. The molecule has 4 N–H and O–H groups in total. The van der Waals surface area contributed by atoms with Gasteiger partial charge in [-0.1, -0.05) is 18.2 Å². The lowest BCUT2D eigenvalue weighted by Gasteiger charge is -2.16. The molecule has 0 saturated carbocycles. The monoisotopic (exact) mass is 345 g/mol. The minimum atomic E-state index is -1.36. The summed E-state index contributed by atoms with van der Waals surface area (Å²) in [7, 11) is 1.74. The first-order valence-electron chi connectivity index (χ1n) is 7.65. The van der Waals surface area contributed by atoms with E-state index in [1.54, 1.807) is 17.7 Å². The standard InChI is InChI=1S/C17H19N3O5/c1-20-13-5-3-2-4-10(13)8-14(20)15(22)9-11(18)16(23)19-12(6-7-21)17(24)25/h2-5,7-8,11-12H,6,9,18H2,1H3,(H,19,23)(H,24,25). The number of carboxylic acids is 1. The highest BCUT2D eigenvalue weighted by atomic mass is 16.4. The van der Waals surface area contributed by atoms with Crippen molar-refractivity contribution < 1.29 is 24.3 Å². The number of para-hydroxylation sites is 1. The average molecular weight is 345 g/mol. The largest absolute Gasteiger partial charge is 0.480 e. The van der Waals surface area contributed by atoms with Gasteiger partial charge in [0.05, 0.1) is 11.7 Å². The molecule has 0 radical (unpaired) electrons. The maximum Gasteiger partial charge on any atom is 0.326 e. The van der Waals surface area contributed by atoms with E-state index in [1.807, 2.05) is 24.3 Å². The first-order valence-corrected chi connectivity index (χ1v) is 7.65. The van der Waals surface area contributed by atoms with Crippen LogP contribution in [0.15, 0.2) is 30.3 Å². The third-order valence-electron chi connectivity index (χ3n) is 3.93. The predicted octanol–water partition coefficient (Wildman–Crippen LogP) is 0.237. The SMILES string of the molecule is Cn1c(C(=O)CC(N)C(=O)NC(CC=O)C(=O)O)cc2ccccc21. The Morgan fingerprint density at radius 2 is 2.00 bits per heavy atom. The minimum Gasteiger partial charge on any atom is -0.480 e. The smallest absolute Gasteiger partial charge is 0.326 e. The number of hydrogen-bond donors (Lipinski definition) is 3. The molecule has 0 bridgehead atoms. The van der Waals surface area contributed by atoms with Crippen LogP contribution in [0.1, 0.15) is 23.3 Å². The molecule has 0 saturated heterocycles. The van der Waals surface area contributed by atoms with E-state index in [1.165, 1.54) is 0 Å². The van der Waals surface area contributed by atoms with Gasteiger partial charge < -0.3 is 25.5 Å². The molecule has 0 spiro atoms. The van der Waals surface area contributed by atoms with Gasteiger partial charge >= 0.3 is 5.97 Å². The number of ketones is 1. The zero-order valence-electron chi connectivity index (χ0n) is 13.6. The van der Waals surface area contributed by atoms with Crippen molar-refractivity contribution in [2.45, 2.75) is 24.9 Å². The Bertz CT molecular complexity index is 827. The molecule has 25 heavy (non-hydrogen) atoms. The Labute approximate surface area is 143 Å². The van der Waals surface area contributed by atoms with Crippen LogP contribution in [0.5, 0.6) is 0 Å². The second-order valence-electron chi connectivity index (χ2n) is 5.68. The summed E-state index contributed by atoms with van der Waals surface area (Å²) in [6, 6.07) is 6.60. The maximum absolute atomic E-state index is 12.4. The number of nitrogens with two attached hydrogens (primary N) is 1. The predicted molar refractivity (Wildman–Crippen MR) is 90.1 cm³/mol. The number of carbonyl (C=O) groups is 4. The van der Waals surface area contributed by atoms with Crippen molar-refractivity contribution in [1.29, 1.82) is 0 Å². The van der Waals surface area contributed by atoms with Crippen LogP contribution in [0, 0.1) is 0 Å². The van der Waals surface area contributed by atoms with Crippen molar-refractivity contribution in [2.24, 2.45) is 12.8 Å². The number of carbonyl (C=O) groups excluding carboxylic acids is 3. The highest BCUT2D eigenvalue weighted by Crippen LogP contribution is 2.19. The van der Waals surface area contributed by atoms with E-state index in [2.05, 4.69) is 5.32 Å². The van der Waals surface area contributed by atoms with Crippen molar-refractivity contribution in [2.75, 3.05) is 0 Å². The quantitative estimate of drug-likeness (QED) is 0.464. The van der Waals surface area contributed by atoms with Gasteiger partial charge in [0.1, 0.15) is 12.3 Å². The molecule has 2 rings (SSSR count). The summed E-state index contributed by atoms with van der Waals surface area (Å²) in [4.78, 5) is 45.8. The first-order chi connectivity index (χ1) is 11.8. The highest BCUT2D eigenvalue weighted by molar-refractivity contribution is 6.02. The Kier molecular flexibility index (Phi) is 5.66. The third kappa shape index (κ3) is 4.10. The maximum atomic E-state index is 12.4. The van der Waals surface area contributed by atoms with Crippen LogP contribution >= 0.6 is 0 Å². The molecule has 2 atom stereocenters. The van der Waals surface area contributed by atoms with E-state index in [0.717, 1.165) is 10.9 Å². The number of nitrogens with one attached hydrogen (secondary N) is 1. The lowest BCUT2D eigenvalue weighted by molar-refractivity contribution is -0.142. The van der Waals surface area contributed by atoms with Gasteiger partial charge in [-0.2, -0.15) is 0 Å². The van der Waals surface area contributed by atoms with Crippen molar-refractivity contribution >= 4 is 34.8 Å². The number of carboxylic acid groups (broad SMARTS) is 1. The van der Waals surface area contributed by atoms with Crippen LogP contribution < -0.4 is 11.1 Å². The van der Waals surface area contributed by atoms with Crippen molar-refractivity contribution in [3.05, 3.63) is 36.0 Å². The number of aromatic nitrogens is 1. The molecule has 1 heterocycles. The van der Waals surface area contributed by atoms with Gasteiger partial charge in [0.15, 0.2) is 5.78 Å². The van der Waals surface area contributed by atoms with Gasteiger partial charge in [-0.15, -0.1) is 0 Å². The fourth-order valence-electron chi connectivity index (χ4n) is 2.55. The second-order valence-corrected chi connectivity index (χ2v) is 5.68. The molecule has 2 unspecified atom stereocenters. The van der Waals surface area contributed by atoms with Gasteiger partial charge in [-0.3, -0.25) is 9.59 Å². The summed E-state index contributed by atoms with van der Waals surface area (Å²) in [5.41, 5.74) is 7.01. The Morgan fingerprint density at radius 1 is 1.32 bits per heavy atom. The van der Waals surface area contributed by atoms with Crippen LogP contribution in [0.25, 0.3) is 10.9 Å². The molecular weight excluding hydrogens is 326 g/mol. The zero-order chi connectivity index (χ0) is 18.6. The number of fused-ring (bicyclic) bond motifs is 1. The number of aliphatic carboxylic acids is 1. The van der Waals surface area contributed by atoms with Gasteiger partial charge in [-0.25, -0.2) is 4.79 Å². The fourth-order valence-corrected chi connectivity index (χ4v) is 2.55. The summed E-state index contributed by atoms with van der Waals surface area (Å²) in [6.07, 6.45) is -0.250. The van der Waals surface area contributed by atoms with Gasteiger partial charge in [0.2, 0.25) is 5.91 Å². The third-order valence-corrected chi connectivity index (χ3v) is 3.93. The van der Waals surface area contributed by atoms with Crippen LogP contribution in [-0.4, -0.2) is 45.7 Å². The summed E-state index contributed by atoms with van der Waals surface area (Å²) < 4.78 is 1.72. The highest BCUT2D eigenvalue weighted by Gasteiger charge is 2.25. The molecule has 0 fully saturated rings.